The lowest BCUT2D eigenvalue weighted by molar-refractivity contribution is 0.0697. The third kappa shape index (κ3) is 1.45. The molecule has 1 N–H and O–H groups in total. The minimum absolute atomic E-state index is 0.121. The van der Waals surface area contributed by atoms with Crippen molar-refractivity contribution in [1.82, 2.24) is 20.0 Å². The minimum atomic E-state index is -1.01. The number of carboxylic acid groups (broad SMARTS) is 1. The number of hydrogen-bond acceptors (Lipinski definition) is 4. The molecule has 2 rings (SSSR count). The molecular weight excluding hydrogens is 184 g/mol. The third-order valence-corrected chi connectivity index (χ3v) is 1.62. The Morgan fingerprint density at radius 2 is 2.36 bits per heavy atom. The molecule has 0 fully saturated rings. The van der Waals surface area contributed by atoms with Crippen molar-refractivity contribution in [3.05, 3.63) is 36.3 Å². The number of carboxylic acids is 1. The SMILES string of the molecule is O=C(O)c1cnn(-c2cccnn2)c1. The zero-order chi connectivity index (χ0) is 9.97. The first-order valence-corrected chi connectivity index (χ1v) is 3.83. The molecule has 6 heteroatoms. The van der Waals surface area contributed by atoms with Crippen LogP contribution in [0.3, 0.4) is 0 Å². The molecule has 0 unspecified atom stereocenters. The van der Waals surface area contributed by atoms with E-state index in [1.54, 1.807) is 12.1 Å². The van der Waals surface area contributed by atoms with Crippen molar-refractivity contribution in [1.29, 1.82) is 0 Å². The molecule has 2 aromatic heterocycles. The van der Waals surface area contributed by atoms with E-state index in [0.29, 0.717) is 5.82 Å². The summed E-state index contributed by atoms with van der Waals surface area (Å²) in [7, 11) is 0. The minimum Gasteiger partial charge on any atom is -0.478 e. The second-order valence-corrected chi connectivity index (χ2v) is 2.56. The molecular formula is C8H6N4O2. The first-order valence-electron chi connectivity index (χ1n) is 3.83. The highest BCUT2D eigenvalue weighted by atomic mass is 16.4. The van der Waals surface area contributed by atoms with Crippen molar-refractivity contribution in [3.63, 3.8) is 0 Å². The molecule has 0 aliphatic carbocycles. The van der Waals surface area contributed by atoms with Gasteiger partial charge in [0.05, 0.1) is 11.8 Å². The van der Waals surface area contributed by atoms with Gasteiger partial charge in [0, 0.05) is 12.4 Å². The Labute approximate surface area is 78.8 Å². The summed E-state index contributed by atoms with van der Waals surface area (Å²) < 4.78 is 1.36. The summed E-state index contributed by atoms with van der Waals surface area (Å²) in [6.07, 6.45) is 4.18. The van der Waals surface area contributed by atoms with Crippen LogP contribution in [0, 0.1) is 0 Å². The Morgan fingerprint density at radius 1 is 1.50 bits per heavy atom. The highest BCUT2D eigenvalue weighted by Crippen LogP contribution is 2.03. The topological polar surface area (TPSA) is 80.9 Å². The number of nitrogens with zero attached hydrogens (tertiary/aromatic N) is 4. The quantitative estimate of drug-likeness (QED) is 0.739. The van der Waals surface area contributed by atoms with Gasteiger partial charge in [-0.05, 0) is 12.1 Å². The summed E-state index contributed by atoms with van der Waals surface area (Å²) in [6, 6.07) is 3.39. The summed E-state index contributed by atoms with van der Waals surface area (Å²) in [5.74, 6) is -0.528. The number of aromatic carboxylic acids is 1. The van der Waals surface area contributed by atoms with E-state index in [0.717, 1.165) is 0 Å². The molecule has 0 spiro atoms. The fourth-order valence-corrected chi connectivity index (χ4v) is 0.974. The van der Waals surface area contributed by atoms with Gasteiger partial charge in [-0.2, -0.15) is 10.2 Å². The molecule has 0 aliphatic rings. The lowest BCUT2D eigenvalue weighted by Crippen LogP contribution is -1.99. The Hall–Kier alpha value is -2.24. The van der Waals surface area contributed by atoms with E-state index in [4.69, 9.17) is 5.11 Å². The van der Waals surface area contributed by atoms with Crippen LogP contribution in [-0.2, 0) is 0 Å². The van der Waals surface area contributed by atoms with Crippen molar-refractivity contribution in [2.45, 2.75) is 0 Å². The summed E-state index contributed by atoms with van der Waals surface area (Å²) in [5.41, 5.74) is 0.121. The maximum atomic E-state index is 10.6. The van der Waals surface area contributed by atoms with Gasteiger partial charge >= 0.3 is 5.97 Å². The van der Waals surface area contributed by atoms with Gasteiger partial charge in [0.15, 0.2) is 5.82 Å². The Kier molecular flexibility index (Phi) is 1.94. The van der Waals surface area contributed by atoms with E-state index in [1.165, 1.54) is 23.3 Å². The summed E-state index contributed by atoms with van der Waals surface area (Å²) in [6.45, 7) is 0. The maximum Gasteiger partial charge on any atom is 0.338 e. The first kappa shape index (κ1) is 8.36. The average Bonchev–Trinajstić information content (AvgIpc) is 2.68. The number of rotatable bonds is 2. The molecule has 0 amide bonds. The van der Waals surface area contributed by atoms with Crippen molar-refractivity contribution >= 4 is 5.97 Å². The fraction of sp³-hybridized carbons (Fsp3) is 0. The van der Waals surface area contributed by atoms with Crippen molar-refractivity contribution < 1.29 is 9.90 Å². The van der Waals surface area contributed by atoms with E-state index in [2.05, 4.69) is 15.3 Å². The molecule has 0 aromatic carbocycles. The number of aromatic nitrogens is 4. The summed E-state index contributed by atoms with van der Waals surface area (Å²) in [4.78, 5) is 10.6. The van der Waals surface area contributed by atoms with Crippen LogP contribution in [0.25, 0.3) is 5.82 Å². The normalized spacial score (nSPS) is 10.0. The summed E-state index contributed by atoms with van der Waals surface area (Å²) >= 11 is 0. The van der Waals surface area contributed by atoms with E-state index in [9.17, 15) is 4.79 Å². The van der Waals surface area contributed by atoms with Crippen molar-refractivity contribution in [3.8, 4) is 5.82 Å². The van der Waals surface area contributed by atoms with Gasteiger partial charge in [-0.25, -0.2) is 9.48 Å². The van der Waals surface area contributed by atoms with Crippen molar-refractivity contribution in [2.24, 2.45) is 0 Å². The first-order chi connectivity index (χ1) is 6.77. The lowest BCUT2D eigenvalue weighted by Gasteiger charge is -1.95. The fourth-order valence-electron chi connectivity index (χ4n) is 0.974. The monoisotopic (exact) mass is 190 g/mol. The third-order valence-electron chi connectivity index (χ3n) is 1.62. The van der Waals surface area contributed by atoms with Crippen LogP contribution >= 0.6 is 0 Å². The molecule has 14 heavy (non-hydrogen) atoms. The average molecular weight is 190 g/mol. The van der Waals surface area contributed by atoms with Crippen molar-refractivity contribution in [2.75, 3.05) is 0 Å². The molecule has 70 valence electrons. The second kappa shape index (κ2) is 3.25. The number of carbonyl (C=O) groups is 1. The molecule has 0 saturated carbocycles. The maximum absolute atomic E-state index is 10.6. The Morgan fingerprint density at radius 3 is 2.93 bits per heavy atom. The predicted molar refractivity (Wildman–Crippen MR) is 46.1 cm³/mol. The molecule has 0 bridgehead atoms. The van der Waals surface area contributed by atoms with Gasteiger partial charge in [-0.1, -0.05) is 0 Å². The van der Waals surface area contributed by atoms with Gasteiger partial charge in [0.25, 0.3) is 0 Å². The molecule has 2 heterocycles. The Bertz CT molecular complexity index is 451. The van der Waals surface area contributed by atoms with Gasteiger partial charge in [0.1, 0.15) is 0 Å². The Balaban J connectivity index is 2.39. The highest BCUT2D eigenvalue weighted by molar-refractivity contribution is 5.86. The van der Waals surface area contributed by atoms with Crippen LogP contribution in [-0.4, -0.2) is 31.1 Å². The molecule has 0 saturated heterocycles. The molecule has 0 atom stereocenters. The molecule has 0 radical (unpaired) electrons. The summed E-state index contributed by atoms with van der Waals surface area (Å²) in [5, 5.41) is 19.9. The number of hydrogen-bond donors (Lipinski definition) is 1. The largest absolute Gasteiger partial charge is 0.478 e. The van der Waals surface area contributed by atoms with E-state index in [1.807, 2.05) is 0 Å². The standard InChI is InChI=1S/C8H6N4O2/c13-8(14)6-4-10-12(5-6)7-2-1-3-9-11-7/h1-5H,(H,13,14). The van der Waals surface area contributed by atoms with E-state index < -0.39 is 5.97 Å². The van der Waals surface area contributed by atoms with Gasteiger partial charge in [-0.3, -0.25) is 0 Å². The van der Waals surface area contributed by atoms with Gasteiger partial charge in [-0.15, -0.1) is 5.10 Å². The predicted octanol–water partition coefficient (Wildman–Crippen LogP) is 0.360. The molecule has 2 aromatic rings. The molecule has 0 aliphatic heterocycles. The van der Waals surface area contributed by atoms with Crippen LogP contribution in [0.15, 0.2) is 30.7 Å². The van der Waals surface area contributed by atoms with Crippen LogP contribution < -0.4 is 0 Å². The van der Waals surface area contributed by atoms with Crippen LogP contribution in [0.4, 0.5) is 0 Å². The van der Waals surface area contributed by atoms with E-state index >= 15 is 0 Å². The molecule has 6 nitrogen and oxygen atoms in total. The smallest absolute Gasteiger partial charge is 0.338 e. The highest BCUT2D eigenvalue weighted by Gasteiger charge is 2.07. The van der Waals surface area contributed by atoms with Crippen LogP contribution in [0.1, 0.15) is 10.4 Å². The lowest BCUT2D eigenvalue weighted by atomic mass is 10.4. The zero-order valence-electron chi connectivity index (χ0n) is 7.03. The van der Waals surface area contributed by atoms with Crippen LogP contribution in [0.2, 0.25) is 0 Å². The van der Waals surface area contributed by atoms with Gasteiger partial charge < -0.3 is 5.11 Å². The van der Waals surface area contributed by atoms with E-state index in [-0.39, 0.29) is 5.56 Å². The second-order valence-electron chi connectivity index (χ2n) is 2.56. The van der Waals surface area contributed by atoms with Gasteiger partial charge in [0.2, 0.25) is 0 Å². The zero-order valence-corrected chi connectivity index (χ0v) is 7.03. The van der Waals surface area contributed by atoms with Crippen LogP contribution in [0.5, 0.6) is 0 Å².